The minimum Gasteiger partial charge on any atom is -0.489 e. The van der Waals surface area contributed by atoms with E-state index in [1.807, 2.05) is 84.9 Å². The van der Waals surface area contributed by atoms with Gasteiger partial charge < -0.3 is 9.26 Å². The number of carbonyl (C=O) groups is 1. The molecule has 0 fully saturated rings. The van der Waals surface area contributed by atoms with Crippen molar-refractivity contribution in [2.45, 2.75) is 13.0 Å². The van der Waals surface area contributed by atoms with Gasteiger partial charge in [-0.25, -0.2) is 9.97 Å². The van der Waals surface area contributed by atoms with Gasteiger partial charge in [0.25, 0.3) is 0 Å². The van der Waals surface area contributed by atoms with Crippen LogP contribution < -0.4 is 10.1 Å². The van der Waals surface area contributed by atoms with Crippen LogP contribution in [0.15, 0.2) is 108 Å². The summed E-state index contributed by atoms with van der Waals surface area (Å²) >= 11 is 0. The molecule has 0 aliphatic carbocycles. The molecular weight excluding hydrogens is 440 g/mol. The predicted molar refractivity (Wildman–Crippen MR) is 133 cm³/mol. The normalized spacial score (nSPS) is 10.6. The third-order valence-corrected chi connectivity index (χ3v) is 5.35. The van der Waals surface area contributed by atoms with Crippen LogP contribution in [0.2, 0.25) is 0 Å². The van der Waals surface area contributed by atoms with Gasteiger partial charge in [0.15, 0.2) is 0 Å². The summed E-state index contributed by atoms with van der Waals surface area (Å²) < 4.78 is 11.6. The van der Waals surface area contributed by atoms with Crippen LogP contribution in [0.25, 0.3) is 22.5 Å². The summed E-state index contributed by atoms with van der Waals surface area (Å²) in [5.41, 5.74) is 4.46. The van der Waals surface area contributed by atoms with E-state index >= 15 is 0 Å². The number of amides is 1. The Hall–Kier alpha value is -4.78. The second kappa shape index (κ2) is 10.4. The van der Waals surface area contributed by atoms with Crippen LogP contribution in [-0.4, -0.2) is 21.0 Å². The topological polar surface area (TPSA) is 90.1 Å². The zero-order valence-corrected chi connectivity index (χ0v) is 18.8. The molecule has 2 heterocycles. The molecule has 172 valence electrons. The van der Waals surface area contributed by atoms with Gasteiger partial charge in [-0.05, 0) is 29.3 Å². The van der Waals surface area contributed by atoms with Crippen LogP contribution in [0.5, 0.6) is 5.75 Å². The van der Waals surface area contributed by atoms with E-state index in [0.717, 1.165) is 16.7 Å². The molecule has 3 aromatic carbocycles. The van der Waals surface area contributed by atoms with Crippen molar-refractivity contribution in [2.75, 3.05) is 5.32 Å². The summed E-state index contributed by atoms with van der Waals surface area (Å²) in [4.78, 5) is 21.1. The van der Waals surface area contributed by atoms with Crippen LogP contribution in [-0.2, 0) is 17.8 Å². The van der Waals surface area contributed by atoms with E-state index in [1.165, 1.54) is 6.33 Å². The third-order valence-electron chi connectivity index (χ3n) is 5.35. The summed E-state index contributed by atoms with van der Waals surface area (Å²) in [5.74, 6) is 0.710. The third kappa shape index (κ3) is 5.42. The molecule has 0 atom stereocenters. The van der Waals surface area contributed by atoms with Gasteiger partial charge in [0.05, 0.1) is 17.7 Å². The van der Waals surface area contributed by atoms with Crippen molar-refractivity contribution in [3.63, 3.8) is 0 Å². The Morgan fingerprint density at radius 1 is 0.886 bits per heavy atom. The Morgan fingerprint density at radius 3 is 2.40 bits per heavy atom. The molecule has 5 aromatic rings. The van der Waals surface area contributed by atoms with Crippen molar-refractivity contribution in [1.82, 2.24) is 15.1 Å². The lowest BCUT2D eigenvalue weighted by Gasteiger charge is -2.09. The van der Waals surface area contributed by atoms with Gasteiger partial charge in [-0.3, -0.25) is 10.1 Å². The van der Waals surface area contributed by atoms with Crippen molar-refractivity contribution in [3.8, 4) is 28.3 Å². The second-order valence-corrected chi connectivity index (χ2v) is 7.84. The molecule has 1 amide bonds. The highest BCUT2D eigenvalue weighted by Gasteiger charge is 2.22. The van der Waals surface area contributed by atoms with Crippen molar-refractivity contribution >= 4 is 11.8 Å². The first-order chi connectivity index (χ1) is 17.3. The average molecular weight is 463 g/mol. The maximum atomic E-state index is 12.7. The number of benzene rings is 3. The standard InChI is InChI=1S/C28H22N4O3/c33-25(16-20-8-3-1-4-9-20)31-28-26(24-14-15-29-19-30-24)27(32-35-28)22-12-7-13-23(17-22)34-18-21-10-5-2-6-11-21/h1-15,17,19H,16,18H2,(H,31,33). The first-order valence-corrected chi connectivity index (χ1v) is 11.1. The first kappa shape index (κ1) is 22.0. The van der Waals surface area contributed by atoms with Crippen LogP contribution >= 0.6 is 0 Å². The van der Waals surface area contributed by atoms with Crippen LogP contribution in [0.4, 0.5) is 5.88 Å². The summed E-state index contributed by atoms with van der Waals surface area (Å²) in [6.07, 6.45) is 3.29. The molecule has 2 aromatic heterocycles. The summed E-state index contributed by atoms with van der Waals surface area (Å²) in [7, 11) is 0. The van der Waals surface area contributed by atoms with E-state index in [-0.39, 0.29) is 18.2 Å². The lowest BCUT2D eigenvalue weighted by atomic mass is 10.0. The van der Waals surface area contributed by atoms with Crippen molar-refractivity contribution < 1.29 is 14.1 Å². The Balaban J connectivity index is 1.43. The van der Waals surface area contributed by atoms with Gasteiger partial charge in [0.1, 0.15) is 24.4 Å². The number of hydrogen-bond acceptors (Lipinski definition) is 6. The van der Waals surface area contributed by atoms with Gasteiger partial charge in [0, 0.05) is 11.8 Å². The maximum absolute atomic E-state index is 12.7. The maximum Gasteiger partial charge on any atom is 0.241 e. The minimum atomic E-state index is -0.214. The summed E-state index contributed by atoms with van der Waals surface area (Å²) in [6.45, 7) is 0.447. The zero-order valence-electron chi connectivity index (χ0n) is 18.8. The lowest BCUT2D eigenvalue weighted by molar-refractivity contribution is -0.115. The summed E-state index contributed by atoms with van der Waals surface area (Å²) in [5, 5.41) is 7.13. The smallest absolute Gasteiger partial charge is 0.241 e. The molecule has 0 spiro atoms. The zero-order chi connectivity index (χ0) is 23.9. The average Bonchev–Trinajstić information content (AvgIpc) is 3.32. The van der Waals surface area contributed by atoms with Gasteiger partial charge in [0.2, 0.25) is 11.8 Å². The fraction of sp³-hybridized carbons (Fsp3) is 0.0714. The fourth-order valence-electron chi connectivity index (χ4n) is 3.67. The number of hydrogen-bond donors (Lipinski definition) is 1. The van der Waals surface area contributed by atoms with Crippen LogP contribution in [0, 0.1) is 0 Å². The Bertz CT molecular complexity index is 1400. The highest BCUT2D eigenvalue weighted by molar-refractivity contribution is 5.97. The molecule has 0 saturated carbocycles. The number of rotatable bonds is 8. The molecule has 35 heavy (non-hydrogen) atoms. The molecule has 0 unspecified atom stereocenters. The number of aromatic nitrogens is 3. The molecule has 0 bridgehead atoms. The number of ether oxygens (including phenoxy) is 1. The number of carbonyl (C=O) groups excluding carboxylic acids is 1. The van der Waals surface area contributed by atoms with Gasteiger partial charge in [-0.2, -0.15) is 0 Å². The highest BCUT2D eigenvalue weighted by atomic mass is 16.5. The van der Waals surface area contributed by atoms with Crippen LogP contribution in [0.1, 0.15) is 11.1 Å². The van der Waals surface area contributed by atoms with Gasteiger partial charge in [-0.1, -0.05) is 78.0 Å². The molecule has 7 heteroatoms. The SMILES string of the molecule is O=C(Cc1ccccc1)Nc1onc(-c2cccc(OCc3ccccc3)c2)c1-c1ccncn1. The molecule has 5 rings (SSSR count). The van der Waals surface area contributed by atoms with Crippen LogP contribution in [0.3, 0.4) is 0 Å². The Labute approximate surface area is 202 Å². The quantitative estimate of drug-likeness (QED) is 0.325. The van der Waals surface area contributed by atoms with Crippen molar-refractivity contribution in [2.24, 2.45) is 0 Å². The van der Waals surface area contributed by atoms with Crippen molar-refractivity contribution in [3.05, 3.63) is 115 Å². The summed E-state index contributed by atoms with van der Waals surface area (Å²) in [6, 6.07) is 28.8. The number of nitrogens with one attached hydrogen (secondary N) is 1. The number of nitrogens with zero attached hydrogens (tertiary/aromatic N) is 3. The molecule has 0 radical (unpaired) electrons. The largest absolute Gasteiger partial charge is 0.489 e. The van der Waals surface area contributed by atoms with E-state index in [0.29, 0.717) is 29.3 Å². The molecule has 0 aliphatic heterocycles. The Kier molecular flexibility index (Phi) is 6.57. The molecule has 0 aliphatic rings. The molecule has 0 saturated heterocycles. The van der Waals surface area contributed by atoms with E-state index < -0.39 is 0 Å². The molecule has 7 nitrogen and oxygen atoms in total. The van der Waals surface area contributed by atoms with E-state index in [1.54, 1.807) is 12.3 Å². The highest BCUT2D eigenvalue weighted by Crippen LogP contribution is 2.37. The monoisotopic (exact) mass is 462 g/mol. The number of anilines is 1. The van der Waals surface area contributed by atoms with E-state index in [9.17, 15) is 4.79 Å². The van der Waals surface area contributed by atoms with E-state index in [2.05, 4.69) is 20.4 Å². The van der Waals surface area contributed by atoms with Gasteiger partial charge in [-0.15, -0.1) is 0 Å². The van der Waals surface area contributed by atoms with Crippen molar-refractivity contribution in [1.29, 1.82) is 0 Å². The lowest BCUT2D eigenvalue weighted by Crippen LogP contribution is -2.14. The predicted octanol–water partition coefficient (Wildman–Crippen LogP) is 5.56. The molecule has 1 N–H and O–H groups in total. The second-order valence-electron chi connectivity index (χ2n) is 7.84. The first-order valence-electron chi connectivity index (χ1n) is 11.1. The molecular formula is C28H22N4O3. The fourth-order valence-corrected chi connectivity index (χ4v) is 3.67. The Morgan fingerprint density at radius 2 is 1.66 bits per heavy atom. The van der Waals surface area contributed by atoms with E-state index in [4.69, 9.17) is 9.26 Å². The van der Waals surface area contributed by atoms with Gasteiger partial charge >= 0.3 is 0 Å². The minimum absolute atomic E-state index is 0.211.